The van der Waals surface area contributed by atoms with Crippen LogP contribution in [0.25, 0.3) is 0 Å². The Hall–Kier alpha value is -0.620. The molecule has 1 aliphatic heterocycles. The molecule has 0 aromatic heterocycles. The van der Waals surface area contributed by atoms with Gasteiger partial charge in [0.15, 0.2) is 0 Å². The van der Waals surface area contributed by atoms with E-state index in [0.717, 1.165) is 25.1 Å². The Morgan fingerprint density at radius 3 is 2.84 bits per heavy atom. The smallest absolute Gasteiger partial charge is 0.242 e. The first kappa shape index (κ1) is 14.8. The third kappa shape index (κ3) is 3.48. The van der Waals surface area contributed by atoms with Crippen molar-refractivity contribution in [1.29, 1.82) is 0 Å². The quantitative estimate of drug-likeness (QED) is 0.783. The van der Waals surface area contributed by atoms with Crippen molar-refractivity contribution in [3.05, 3.63) is 27.3 Å². The number of carbonyl (C=O) groups excluding carboxylic acids is 1. The minimum absolute atomic E-state index is 0.0141. The van der Waals surface area contributed by atoms with Gasteiger partial charge in [0.25, 0.3) is 0 Å². The molecule has 19 heavy (non-hydrogen) atoms. The van der Waals surface area contributed by atoms with E-state index in [-0.39, 0.29) is 17.4 Å². The molecule has 2 rings (SSSR count). The lowest BCUT2D eigenvalue weighted by Gasteiger charge is -2.38. The van der Waals surface area contributed by atoms with E-state index in [1.807, 2.05) is 18.2 Å². The third-order valence-electron chi connectivity index (χ3n) is 3.83. The van der Waals surface area contributed by atoms with Crippen LogP contribution in [0.5, 0.6) is 0 Å². The summed E-state index contributed by atoms with van der Waals surface area (Å²) in [6.07, 6.45) is 2.22. The average molecular weight is 372 g/mol. The summed E-state index contributed by atoms with van der Waals surface area (Å²) in [5, 5.41) is 6.37. The second-order valence-corrected chi connectivity index (χ2v) is 7.09. The Balaban J connectivity index is 2.09. The number of hydrogen-bond donors (Lipinski definition) is 2. The standard InChI is InChI=1S/C15H21IN2O/c1-10-5-6-11(9-12(10)16)18-14(19)13-15(2,3)7-4-8-17-13/h5-6,9,13,17H,4,7-8H2,1-3H3,(H,18,19). The highest BCUT2D eigenvalue weighted by atomic mass is 127. The maximum Gasteiger partial charge on any atom is 0.242 e. The van der Waals surface area contributed by atoms with Crippen LogP contribution in [0, 0.1) is 15.9 Å². The molecular formula is C15H21IN2O. The molecule has 0 bridgehead atoms. The Kier molecular flexibility index (Phi) is 4.50. The summed E-state index contributed by atoms with van der Waals surface area (Å²) in [5.41, 5.74) is 2.12. The molecule has 4 heteroatoms. The first-order valence-electron chi connectivity index (χ1n) is 6.70. The molecule has 0 aliphatic carbocycles. The van der Waals surface area contributed by atoms with Crippen molar-refractivity contribution in [1.82, 2.24) is 5.32 Å². The molecular weight excluding hydrogens is 351 g/mol. The number of hydrogen-bond acceptors (Lipinski definition) is 2. The number of amides is 1. The first-order chi connectivity index (χ1) is 8.90. The van der Waals surface area contributed by atoms with Gasteiger partial charge < -0.3 is 10.6 Å². The second kappa shape index (κ2) is 5.79. The summed E-state index contributed by atoms with van der Waals surface area (Å²) in [6, 6.07) is 5.91. The molecule has 1 unspecified atom stereocenters. The summed E-state index contributed by atoms with van der Waals surface area (Å²) in [7, 11) is 0. The summed E-state index contributed by atoms with van der Waals surface area (Å²) in [5.74, 6) is 0.0735. The topological polar surface area (TPSA) is 41.1 Å². The fourth-order valence-corrected chi connectivity index (χ4v) is 3.06. The lowest BCUT2D eigenvalue weighted by Crippen LogP contribution is -2.53. The summed E-state index contributed by atoms with van der Waals surface area (Å²) in [6.45, 7) is 7.30. The van der Waals surface area contributed by atoms with Crippen molar-refractivity contribution in [3.63, 3.8) is 0 Å². The van der Waals surface area contributed by atoms with Crippen LogP contribution in [0.1, 0.15) is 32.3 Å². The predicted molar refractivity (Wildman–Crippen MR) is 87.3 cm³/mol. The molecule has 104 valence electrons. The van der Waals surface area contributed by atoms with Gasteiger partial charge in [-0.15, -0.1) is 0 Å². The van der Waals surface area contributed by atoms with Crippen LogP contribution in [-0.4, -0.2) is 18.5 Å². The molecule has 1 aromatic carbocycles. The molecule has 1 amide bonds. The van der Waals surface area contributed by atoms with Crippen molar-refractivity contribution in [2.45, 2.75) is 39.7 Å². The van der Waals surface area contributed by atoms with E-state index < -0.39 is 0 Å². The number of anilines is 1. The maximum atomic E-state index is 12.4. The van der Waals surface area contributed by atoms with Crippen LogP contribution in [0.15, 0.2) is 18.2 Å². The number of carbonyl (C=O) groups is 1. The summed E-state index contributed by atoms with van der Waals surface area (Å²) >= 11 is 2.29. The number of piperidine rings is 1. The lowest BCUT2D eigenvalue weighted by atomic mass is 9.77. The fourth-order valence-electron chi connectivity index (χ4n) is 2.54. The predicted octanol–water partition coefficient (Wildman–Crippen LogP) is 3.32. The molecule has 0 radical (unpaired) electrons. The largest absolute Gasteiger partial charge is 0.325 e. The Morgan fingerprint density at radius 1 is 1.47 bits per heavy atom. The molecule has 1 saturated heterocycles. The number of nitrogens with one attached hydrogen (secondary N) is 2. The Bertz CT molecular complexity index is 485. The third-order valence-corrected chi connectivity index (χ3v) is 4.99. The summed E-state index contributed by atoms with van der Waals surface area (Å²) < 4.78 is 1.17. The van der Waals surface area contributed by atoms with Crippen LogP contribution in [0.4, 0.5) is 5.69 Å². The molecule has 0 spiro atoms. The normalized spacial score (nSPS) is 22.0. The van der Waals surface area contributed by atoms with Gasteiger partial charge in [0, 0.05) is 9.26 Å². The number of aryl methyl sites for hydroxylation is 1. The highest BCUT2D eigenvalue weighted by Crippen LogP contribution is 2.30. The van der Waals surface area contributed by atoms with Gasteiger partial charge in [0.1, 0.15) is 0 Å². The number of benzene rings is 1. The van der Waals surface area contributed by atoms with E-state index in [1.165, 1.54) is 9.13 Å². The zero-order chi connectivity index (χ0) is 14.0. The molecule has 1 atom stereocenters. The SMILES string of the molecule is Cc1ccc(NC(=O)C2NCCCC2(C)C)cc1I. The van der Waals surface area contributed by atoms with E-state index >= 15 is 0 Å². The zero-order valence-electron chi connectivity index (χ0n) is 11.7. The van der Waals surface area contributed by atoms with Crippen molar-refractivity contribution >= 4 is 34.2 Å². The van der Waals surface area contributed by atoms with Crippen LogP contribution >= 0.6 is 22.6 Å². The second-order valence-electron chi connectivity index (χ2n) is 5.93. The molecule has 1 aliphatic rings. The van der Waals surface area contributed by atoms with Gasteiger partial charge in [-0.05, 0) is 72.0 Å². The van der Waals surface area contributed by atoms with E-state index in [0.29, 0.717) is 0 Å². The van der Waals surface area contributed by atoms with Gasteiger partial charge in [-0.25, -0.2) is 0 Å². The van der Waals surface area contributed by atoms with Gasteiger partial charge in [-0.3, -0.25) is 4.79 Å². The Morgan fingerprint density at radius 2 is 2.21 bits per heavy atom. The van der Waals surface area contributed by atoms with Crippen LogP contribution in [-0.2, 0) is 4.79 Å². The lowest BCUT2D eigenvalue weighted by molar-refractivity contribution is -0.121. The van der Waals surface area contributed by atoms with Gasteiger partial charge in [0.05, 0.1) is 6.04 Å². The van der Waals surface area contributed by atoms with Crippen LogP contribution in [0.2, 0.25) is 0 Å². The minimum Gasteiger partial charge on any atom is -0.325 e. The van der Waals surface area contributed by atoms with Crippen molar-refractivity contribution < 1.29 is 4.79 Å². The fraction of sp³-hybridized carbons (Fsp3) is 0.533. The van der Waals surface area contributed by atoms with Gasteiger partial charge in [-0.2, -0.15) is 0 Å². The van der Waals surface area contributed by atoms with E-state index in [2.05, 4.69) is 54.0 Å². The number of halogens is 1. The molecule has 2 N–H and O–H groups in total. The molecule has 1 aromatic rings. The number of rotatable bonds is 2. The van der Waals surface area contributed by atoms with E-state index in [1.54, 1.807) is 0 Å². The van der Waals surface area contributed by atoms with Gasteiger partial charge in [0.2, 0.25) is 5.91 Å². The van der Waals surface area contributed by atoms with Crippen LogP contribution in [0.3, 0.4) is 0 Å². The monoisotopic (exact) mass is 372 g/mol. The average Bonchev–Trinajstić information content (AvgIpc) is 2.33. The van der Waals surface area contributed by atoms with Crippen molar-refractivity contribution in [2.24, 2.45) is 5.41 Å². The van der Waals surface area contributed by atoms with Crippen molar-refractivity contribution in [3.8, 4) is 0 Å². The van der Waals surface area contributed by atoms with Gasteiger partial charge >= 0.3 is 0 Å². The highest BCUT2D eigenvalue weighted by molar-refractivity contribution is 14.1. The van der Waals surface area contributed by atoms with Gasteiger partial charge in [-0.1, -0.05) is 19.9 Å². The molecule has 0 saturated carbocycles. The maximum absolute atomic E-state index is 12.4. The van der Waals surface area contributed by atoms with E-state index in [9.17, 15) is 4.79 Å². The van der Waals surface area contributed by atoms with Crippen LogP contribution < -0.4 is 10.6 Å². The zero-order valence-corrected chi connectivity index (χ0v) is 13.9. The minimum atomic E-state index is -0.111. The molecule has 1 fully saturated rings. The first-order valence-corrected chi connectivity index (χ1v) is 7.78. The Labute approximate surface area is 128 Å². The highest BCUT2D eigenvalue weighted by Gasteiger charge is 2.37. The van der Waals surface area contributed by atoms with Crippen molar-refractivity contribution in [2.75, 3.05) is 11.9 Å². The van der Waals surface area contributed by atoms with E-state index in [4.69, 9.17) is 0 Å². The molecule has 1 heterocycles. The molecule has 3 nitrogen and oxygen atoms in total. The summed E-state index contributed by atoms with van der Waals surface area (Å²) in [4.78, 5) is 12.4.